The van der Waals surface area contributed by atoms with E-state index in [1.807, 2.05) is 42.5 Å². The molecule has 0 bridgehead atoms. The van der Waals surface area contributed by atoms with Crippen molar-refractivity contribution in [3.63, 3.8) is 0 Å². The lowest BCUT2D eigenvalue weighted by Crippen LogP contribution is -1.94. The average molecular weight is 343 g/mol. The molecule has 3 aromatic rings. The molecule has 21 heavy (non-hydrogen) atoms. The first-order valence-corrected chi connectivity index (χ1v) is 7.58. The SMILES string of the molecule is Nc1noc(CCc2ccccc2)c1-c1ccccc1Br. The van der Waals surface area contributed by atoms with Gasteiger partial charge in [-0.25, -0.2) is 0 Å². The van der Waals surface area contributed by atoms with Gasteiger partial charge in [0.15, 0.2) is 5.82 Å². The lowest BCUT2D eigenvalue weighted by molar-refractivity contribution is 0.386. The third-order valence-corrected chi connectivity index (χ3v) is 4.11. The first kappa shape index (κ1) is 13.9. The first-order valence-electron chi connectivity index (χ1n) is 6.78. The highest BCUT2D eigenvalue weighted by atomic mass is 79.9. The second-order valence-electron chi connectivity index (χ2n) is 4.83. The number of nitrogens with zero attached hydrogens (tertiary/aromatic N) is 1. The van der Waals surface area contributed by atoms with Gasteiger partial charge in [0, 0.05) is 16.5 Å². The van der Waals surface area contributed by atoms with Gasteiger partial charge >= 0.3 is 0 Å². The van der Waals surface area contributed by atoms with E-state index in [0.717, 1.165) is 34.2 Å². The number of hydrogen-bond acceptors (Lipinski definition) is 3. The van der Waals surface area contributed by atoms with Crippen LogP contribution in [0.25, 0.3) is 11.1 Å². The van der Waals surface area contributed by atoms with E-state index in [1.54, 1.807) is 0 Å². The van der Waals surface area contributed by atoms with Crippen LogP contribution in [0.5, 0.6) is 0 Å². The van der Waals surface area contributed by atoms with Crippen molar-refractivity contribution in [3.05, 3.63) is 70.4 Å². The minimum Gasteiger partial charge on any atom is -0.380 e. The molecule has 0 saturated carbocycles. The molecule has 0 aliphatic carbocycles. The molecule has 1 heterocycles. The summed E-state index contributed by atoms with van der Waals surface area (Å²) in [5, 5.41) is 3.93. The van der Waals surface area contributed by atoms with Crippen LogP contribution < -0.4 is 5.73 Å². The van der Waals surface area contributed by atoms with Gasteiger partial charge in [0.1, 0.15) is 5.76 Å². The summed E-state index contributed by atoms with van der Waals surface area (Å²) in [6, 6.07) is 18.3. The Morgan fingerprint density at radius 2 is 1.67 bits per heavy atom. The highest BCUT2D eigenvalue weighted by molar-refractivity contribution is 9.10. The lowest BCUT2D eigenvalue weighted by atomic mass is 10.0. The number of aromatic nitrogens is 1. The topological polar surface area (TPSA) is 52.0 Å². The predicted octanol–water partition coefficient (Wildman–Crippen LogP) is 4.47. The Bertz CT molecular complexity index is 738. The molecule has 0 aliphatic rings. The molecular formula is C17H15BrN2O. The van der Waals surface area contributed by atoms with Crippen molar-refractivity contribution in [3.8, 4) is 11.1 Å². The normalized spacial score (nSPS) is 10.7. The van der Waals surface area contributed by atoms with Crippen LogP contribution in [0.1, 0.15) is 11.3 Å². The zero-order chi connectivity index (χ0) is 14.7. The molecule has 0 unspecified atom stereocenters. The van der Waals surface area contributed by atoms with Crippen LogP contribution in [0, 0.1) is 0 Å². The Kier molecular flexibility index (Phi) is 4.06. The minimum atomic E-state index is 0.435. The van der Waals surface area contributed by atoms with Crippen molar-refractivity contribution >= 4 is 21.7 Å². The minimum absolute atomic E-state index is 0.435. The monoisotopic (exact) mass is 342 g/mol. The van der Waals surface area contributed by atoms with Crippen molar-refractivity contribution in [2.24, 2.45) is 0 Å². The molecule has 106 valence electrons. The third-order valence-electron chi connectivity index (χ3n) is 3.42. The number of anilines is 1. The van der Waals surface area contributed by atoms with Crippen LogP contribution in [-0.2, 0) is 12.8 Å². The first-order chi connectivity index (χ1) is 10.3. The Morgan fingerprint density at radius 1 is 0.952 bits per heavy atom. The number of aryl methyl sites for hydroxylation is 2. The van der Waals surface area contributed by atoms with Crippen molar-refractivity contribution in [2.45, 2.75) is 12.8 Å². The van der Waals surface area contributed by atoms with Gasteiger partial charge in [-0.3, -0.25) is 0 Å². The summed E-state index contributed by atoms with van der Waals surface area (Å²) >= 11 is 3.56. The zero-order valence-corrected chi connectivity index (χ0v) is 13.0. The number of benzene rings is 2. The van der Waals surface area contributed by atoms with E-state index in [2.05, 4.69) is 33.2 Å². The molecular weight excluding hydrogens is 328 g/mol. The summed E-state index contributed by atoms with van der Waals surface area (Å²) in [5.41, 5.74) is 9.16. The summed E-state index contributed by atoms with van der Waals surface area (Å²) in [5.74, 6) is 1.26. The van der Waals surface area contributed by atoms with E-state index >= 15 is 0 Å². The summed E-state index contributed by atoms with van der Waals surface area (Å²) < 4.78 is 6.42. The van der Waals surface area contributed by atoms with Crippen molar-refractivity contribution in [2.75, 3.05) is 5.73 Å². The number of hydrogen-bond donors (Lipinski definition) is 1. The van der Waals surface area contributed by atoms with Gasteiger partial charge in [-0.05, 0) is 18.1 Å². The van der Waals surface area contributed by atoms with Gasteiger partial charge in [-0.15, -0.1) is 0 Å². The summed E-state index contributed by atoms with van der Waals surface area (Å²) in [6.07, 6.45) is 1.66. The van der Waals surface area contributed by atoms with Gasteiger partial charge in [-0.1, -0.05) is 69.6 Å². The Hall–Kier alpha value is -2.07. The Morgan fingerprint density at radius 3 is 2.43 bits per heavy atom. The van der Waals surface area contributed by atoms with Crippen molar-refractivity contribution < 1.29 is 4.52 Å². The fourth-order valence-electron chi connectivity index (χ4n) is 2.36. The zero-order valence-electron chi connectivity index (χ0n) is 11.4. The second-order valence-corrected chi connectivity index (χ2v) is 5.69. The predicted molar refractivity (Wildman–Crippen MR) is 87.9 cm³/mol. The molecule has 0 saturated heterocycles. The van der Waals surface area contributed by atoms with Crippen LogP contribution in [0.4, 0.5) is 5.82 Å². The maximum atomic E-state index is 5.99. The molecule has 0 amide bonds. The van der Waals surface area contributed by atoms with Gasteiger partial charge in [0.2, 0.25) is 0 Å². The largest absolute Gasteiger partial charge is 0.380 e. The average Bonchev–Trinajstić information content (AvgIpc) is 2.88. The molecule has 3 rings (SSSR count). The van der Waals surface area contributed by atoms with Crippen molar-refractivity contribution in [1.82, 2.24) is 5.16 Å². The molecule has 3 nitrogen and oxygen atoms in total. The molecule has 1 aromatic heterocycles. The number of halogens is 1. The van der Waals surface area contributed by atoms with Crippen LogP contribution in [0.2, 0.25) is 0 Å². The molecule has 0 aliphatic heterocycles. The molecule has 0 atom stereocenters. The van der Waals surface area contributed by atoms with Crippen LogP contribution in [-0.4, -0.2) is 5.16 Å². The van der Waals surface area contributed by atoms with Gasteiger partial charge in [-0.2, -0.15) is 0 Å². The molecule has 0 radical (unpaired) electrons. The van der Waals surface area contributed by atoms with Crippen LogP contribution >= 0.6 is 15.9 Å². The molecule has 0 spiro atoms. The highest BCUT2D eigenvalue weighted by Gasteiger charge is 2.17. The van der Waals surface area contributed by atoms with Crippen LogP contribution in [0.3, 0.4) is 0 Å². The van der Waals surface area contributed by atoms with Gasteiger partial charge < -0.3 is 10.3 Å². The van der Waals surface area contributed by atoms with E-state index in [-0.39, 0.29) is 0 Å². The maximum Gasteiger partial charge on any atom is 0.175 e. The standard InChI is InChI=1S/C17H15BrN2O/c18-14-9-5-4-8-13(14)16-15(21-20-17(16)19)11-10-12-6-2-1-3-7-12/h1-9H,10-11H2,(H2,19,20). The molecule has 0 fully saturated rings. The maximum absolute atomic E-state index is 5.99. The summed E-state index contributed by atoms with van der Waals surface area (Å²) in [6.45, 7) is 0. The fourth-order valence-corrected chi connectivity index (χ4v) is 2.85. The van der Waals surface area contributed by atoms with Gasteiger partial charge in [0.25, 0.3) is 0 Å². The Balaban J connectivity index is 1.89. The highest BCUT2D eigenvalue weighted by Crippen LogP contribution is 2.35. The quantitative estimate of drug-likeness (QED) is 0.760. The number of nitrogen functional groups attached to an aromatic ring is 1. The Labute approximate surface area is 131 Å². The molecule has 2 N–H and O–H groups in total. The van der Waals surface area contributed by atoms with E-state index in [0.29, 0.717) is 5.82 Å². The number of rotatable bonds is 4. The second kappa shape index (κ2) is 6.14. The molecule has 2 aromatic carbocycles. The van der Waals surface area contributed by atoms with Gasteiger partial charge in [0.05, 0.1) is 5.56 Å². The smallest absolute Gasteiger partial charge is 0.175 e. The van der Waals surface area contributed by atoms with Crippen molar-refractivity contribution in [1.29, 1.82) is 0 Å². The molecule has 4 heteroatoms. The van der Waals surface area contributed by atoms with E-state index < -0.39 is 0 Å². The summed E-state index contributed by atoms with van der Waals surface area (Å²) in [7, 11) is 0. The van der Waals surface area contributed by atoms with E-state index in [1.165, 1.54) is 5.56 Å². The van der Waals surface area contributed by atoms with E-state index in [4.69, 9.17) is 10.3 Å². The third kappa shape index (κ3) is 3.00. The lowest BCUT2D eigenvalue weighted by Gasteiger charge is -2.05. The fraction of sp³-hybridized carbons (Fsp3) is 0.118. The van der Waals surface area contributed by atoms with Crippen LogP contribution in [0.15, 0.2) is 63.6 Å². The van der Waals surface area contributed by atoms with E-state index in [9.17, 15) is 0 Å². The summed E-state index contributed by atoms with van der Waals surface area (Å²) in [4.78, 5) is 0. The number of nitrogens with two attached hydrogens (primary N) is 1.